The Morgan fingerprint density at radius 2 is 2.13 bits per heavy atom. The van der Waals surface area contributed by atoms with E-state index in [0.29, 0.717) is 6.61 Å². The third-order valence-corrected chi connectivity index (χ3v) is 3.79. The first-order chi connectivity index (χ1) is 7.15. The van der Waals surface area contributed by atoms with Crippen molar-refractivity contribution in [2.75, 3.05) is 19.7 Å². The third-order valence-electron chi connectivity index (χ3n) is 3.79. The van der Waals surface area contributed by atoms with E-state index in [1.54, 1.807) is 0 Å². The zero-order valence-corrected chi connectivity index (χ0v) is 10.6. The lowest BCUT2D eigenvalue weighted by Gasteiger charge is -2.34. The first kappa shape index (κ1) is 13.0. The Hall–Kier alpha value is -0.0800. The van der Waals surface area contributed by atoms with E-state index in [0.717, 1.165) is 19.0 Å². The lowest BCUT2D eigenvalue weighted by atomic mass is 9.85. The Morgan fingerprint density at radius 1 is 1.40 bits per heavy atom. The van der Waals surface area contributed by atoms with E-state index in [9.17, 15) is 5.11 Å². The standard InChI is InChI=1S/C13H27NO/c1-4-8-13(3,11-15)10-14-9-6-7-12(14)5-2/h12,15H,4-11H2,1-3H3. The Bertz CT molecular complexity index is 183. The molecule has 2 atom stereocenters. The van der Waals surface area contributed by atoms with Crippen molar-refractivity contribution in [2.24, 2.45) is 5.41 Å². The van der Waals surface area contributed by atoms with Crippen LogP contribution in [0.3, 0.4) is 0 Å². The summed E-state index contributed by atoms with van der Waals surface area (Å²) in [6.07, 6.45) is 6.25. The summed E-state index contributed by atoms with van der Waals surface area (Å²) in [5.74, 6) is 0. The number of likely N-dealkylation sites (tertiary alicyclic amines) is 1. The van der Waals surface area contributed by atoms with Gasteiger partial charge in [-0.15, -0.1) is 0 Å². The van der Waals surface area contributed by atoms with Crippen molar-refractivity contribution in [3.63, 3.8) is 0 Å². The quantitative estimate of drug-likeness (QED) is 0.733. The van der Waals surface area contributed by atoms with Crippen molar-refractivity contribution in [2.45, 2.75) is 58.9 Å². The second-order valence-corrected chi connectivity index (χ2v) is 5.39. The van der Waals surface area contributed by atoms with Gasteiger partial charge < -0.3 is 5.11 Å². The fourth-order valence-electron chi connectivity index (χ4n) is 2.87. The first-order valence-electron chi connectivity index (χ1n) is 6.50. The van der Waals surface area contributed by atoms with Crippen LogP contribution in [0.15, 0.2) is 0 Å². The molecule has 1 aliphatic rings. The van der Waals surface area contributed by atoms with Crippen molar-refractivity contribution in [1.82, 2.24) is 4.90 Å². The lowest BCUT2D eigenvalue weighted by Crippen LogP contribution is -2.40. The largest absolute Gasteiger partial charge is 0.396 e. The Morgan fingerprint density at radius 3 is 2.67 bits per heavy atom. The third kappa shape index (κ3) is 3.46. The molecule has 0 radical (unpaired) electrons. The minimum atomic E-state index is 0.118. The van der Waals surface area contributed by atoms with Gasteiger partial charge >= 0.3 is 0 Å². The van der Waals surface area contributed by atoms with Crippen LogP contribution >= 0.6 is 0 Å². The number of hydrogen-bond acceptors (Lipinski definition) is 2. The summed E-state index contributed by atoms with van der Waals surface area (Å²) in [7, 11) is 0. The van der Waals surface area contributed by atoms with Crippen LogP contribution in [0.5, 0.6) is 0 Å². The second-order valence-electron chi connectivity index (χ2n) is 5.39. The summed E-state index contributed by atoms with van der Waals surface area (Å²) >= 11 is 0. The highest BCUT2D eigenvalue weighted by Crippen LogP contribution is 2.29. The highest BCUT2D eigenvalue weighted by Gasteiger charge is 2.30. The number of aliphatic hydroxyl groups is 1. The number of rotatable bonds is 6. The lowest BCUT2D eigenvalue weighted by molar-refractivity contribution is 0.0735. The van der Waals surface area contributed by atoms with E-state index >= 15 is 0 Å². The molecule has 15 heavy (non-hydrogen) atoms. The van der Waals surface area contributed by atoms with Gasteiger partial charge in [-0.05, 0) is 32.2 Å². The molecule has 0 aromatic heterocycles. The Kier molecular flexibility index (Phi) is 5.07. The molecule has 0 aliphatic carbocycles. The van der Waals surface area contributed by atoms with E-state index in [4.69, 9.17) is 0 Å². The number of hydrogen-bond donors (Lipinski definition) is 1. The highest BCUT2D eigenvalue weighted by molar-refractivity contribution is 4.84. The van der Waals surface area contributed by atoms with E-state index in [1.165, 1.54) is 32.2 Å². The molecular weight excluding hydrogens is 186 g/mol. The van der Waals surface area contributed by atoms with Gasteiger partial charge in [0.05, 0.1) is 0 Å². The monoisotopic (exact) mass is 213 g/mol. The van der Waals surface area contributed by atoms with Gasteiger partial charge in [-0.25, -0.2) is 0 Å². The van der Waals surface area contributed by atoms with Crippen LogP contribution in [0.1, 0.15) is 52.9 Å². The summed E-state index contributed by atoms with van der Waals surface area (Å²) in [6, 6.07) is 0.771. The van der Waals surface area contributed by atoms with Crippen LogP contribution in [0, 0.1) is 5.41 Å². The molecule has 0 aromatic rings. The van der Waals surface area contributed by atoms with Crippen molar-refractivity contribution in [1.29, 1.82) is 0 Å². The predicted octanol–water partition coefficient (Wildman–Crippen LogP) is 2.66. The normalized spacial score (nSPS) is 26.8. The molecule has 0 amide bonds. The molecule has 0 saturated carbocycles. The molecule has 2 heteroatoms. The molecule has 2 unspecified atom stereocenters. The zero-order chi connectivity index (χ0) is 11.3. The number of aliphatic hydroxyl groups excluding tert-OH is 1. The molecule has 1 aliphatic heterocycles. The molecule has 2 nitrogen and oxygen atoms in total. The van der Waals surface area contributed by atoms with E-state index in [-0.39, 0.29) is 5.41 Å². The zero-order valence-electron chi connectivity index (χ0n) is 10.6. The van der Waals surface area contributed by atoms with Gasteiger partial charge in [0.25, 0.3) is 0 Å². The Labute approximate surface area is 94.7 Å². The average Bonchev–Trinajstić information content (AvgIpc) is 2.65. The molecule has 90 valence electrons. The minimum Gasteiger partial charge on any atom is -0.396 e. The van der Waals surface area contributed by atoms with E-state index in [1.807, 2.05) is 0 Å². The fourth-order valence-corrected chi connectivity index (χ4v) is 2.87. The van der Waals surface area contributed by atoms with Crippen LogP contribution in [-0.2, 0) is 0 Å². The van der Waals surface area contributed by atoms with E-state index in [2.05, 4.69) is 25.7 Å². The molecule has 0 aromatic carbocycles. The smallest absolute Gasteiger partial charge is 0.0497 e. The van der Waals surface area contributed by atoms with Gasteiger partial charge in [-0.3, -0.25) is 4.90 Å². The van der Waals surface area contributed by atoms with Crippen LogP contribution in [0.2, 0.25) is 0 Å². The van der Waals surface area contributed by atoms with Crippen molar-refractivity contribution in [3.8, 4) is 0 Å². The highest BCUT2D eigenvalue weighted by atomic mass is 16.3. The van der Waals surface area contributed by atoms with Crippen molar-refractivity contribution >= 4 is 0 Å². The second kappa shape index (κ2) is 5.86. The van der Waals surface area contributed by atoms with Gasteiger partial charge in [0, 0.05) is 24.6 Å². The van der Waals surface area contributed by atoms with Crippen LogP contribution in [-0.4, -0.2) is 35.7 Å². The molecule has 1 N–H and O–H groups in total. The fraction of sp³-hybridized carbons (Fsp3) is 1.00. The average molecular weight is 213 g/mol. The summed E-state index contributed by atoms with van der Waals surface area (Å²) in [5.41, 5.74) is 0.118. The van der Waals surface area contributed by atoms with Crippen LogP contribution in [0.25, 0.3) is 0 Å². The van der Waals surface area contributed by atoms with Gasteiger partial charge in [0.1, 0.15) is 0 Å². The Balaban J connectivity index is 2.50. The van der Waals surface area contributed by atoms with Crippen LogP contribution < -0.4 is 0 Å². The molecule has 1 fully saturated rings. The first-order valence-corrected chi connectivity index (χ1v) is 6.50. The summed E-state index contributed by atoms with van der Waals surface area (Å²) in [5, 5.41) is 9.51. The molecule has 0 bridgehead atoms. The number of nitrogens with zero attached hydrogens (tertiary/aromatic N) is 1. The van der Waals surface area contributed by atoms with Crippen molar-refractivity contribution in [3.05, 3.63) is 0 Å². The van der Waals surface area contributed by atoms with Crippen molar-refractivity contribution < 1.29 is 5.11 Å². The van der Waals surface area contributed by atoms with Crippen LogP contribution in [0.4, 0.5) is 0 Å². The van der Waals surface area contributed by atoms with Gasteiger partial charge in [0.15, 0.2) is 0 Å². The van der Waals surface area contributed by atoms with E-state index < -0.39 is 0 Å². The summed E-state index contributed by atoms with van der Waals surface area (Å²) < 4.78 is 0. The summed E-state index contributed by atoms with van der Waals surface area (Å²) in [6.45, 7) is 9.34. The molecule has 1 rings (SSSR count). The molecule has 1 heterocycles. The maximum atomic E-state index is 9.51. The summed E-state index contributed by atoms with van der Waals surface area (Å²) in [4.78, 5) is 2.59. The molecular formula is C13H27NO. The topological polar surface area (TPSA) is 23.5 Å². The van der Waals surface area contributed by atoms with Gasteiger partial charge in [0.2, 0.25) is 0 Å². The molecule has 1 saturated heterocycles. The maximum Gasteiger partial charge on any atom is 0.0497 e. The van der Waals surface area contributed by atoms with Gasteiger partial charge in [-0.1, -0.05) is 27.2 Å². The minimum absolute atomic E-state index is 0.118. The maximum absolute atomic E-state index is 9.51. The predicted molar refractivity (Wildman–Crippen MR) is 65.0 cm³/mol. The SMILES string of the molecule is CCCC(C)(CO)CN1CCCC1CC. The molecule has 0 spiro atoms. The van der Waals surface area contributed by atoms with Gasteiger partial charge in [-0.2, -0.15) is 0 Å².